The molecule has 3 aromatic rings. The number of hydrogen-bond acceptors (Lipinski definition) is 8. The van der Waals surface area contributed by atoms with E-state index in [2.05, 4.69) is 35.5 Å². The average molecular weight is 552 g/mol. The second kappa shape index (κ2) is 8.78. The Balaban J connectivity index is 1.05. The molecule has 8 rings (SSSR count). The Kier molecular flexibility index (Phi) is 5.53. The Labute approximate surface area is 218 Å². The van der Waals surface area contributed by atoms with Crippen LogP contribution in [0.1, 0.15) is 61.2 Å². The van der Waals surface area contributed by atoms with Crippen LogP contribution in [0.2, 0.25) is 0 Å². The zero-order chi connectivity index (χ0) is 26.9. The van der Waals surface area contributed by atoms with Crippen LogP contribution in [0.5, 0.6) is 0 Å². The summed E-state index contributed by atoms with van der Waals surface area (Å²) in [5, 5.41) is 12.8. The summed E-state index contributed by atoms with van der Waals surface area (Å²) in [5.74, 6) is 1.51. The molecule has 5 aliphatic rings. The number of alkyl halides is 4. The predicted octanol–water partition coefficient (Wildman–Crippen LogP) is 4.17. The van der Waals surface area contributed by atoms with Crippen molar-refractivity contribution in [2.75, 3.05) is 11.9 Å². The van der Waals surface area contributed by atoms with E-state index in [9.17, 15) is 18.0 Å². The summed E-state index contributed by atoms with van der Waals surface area (Å²) < 4.78 is 69.0. The first-order valence-electron chi connectivity index (χ1n) is 12.8. The lowest BCUT2D eigenvalue weighted by Gasteiger charge is -2.61. The molecule has 5 fully saturated rings. The number of aromatic nitrogens is 5. The predicted molar refractivity (Wildman–Crippen MR) is 125 cm³/mol. The maximum absolute atomic E-state index is 15.2. The van der Waals surface area contributed by atoms with Crippen LogP contribution in [-0.2, 0) is 20.8 Å². The highest BCUT2D eigenvalue weighted by Gasteiger charge is 2.58. The van der Waals surface area contributed by atoms with Gasteiger partial charge in [-0.1, -0.05) is 0 Å². The van der Waals surface area contributed by atoms with E-state index in [0.717, 1.165) is 37.8 Å². The molecule has 4 heterocycles. The van der Waals surface area contributed by atoms with Crippen LogP contribution in [-0.4, -0.2) is 61.4 Å². The van der Waals surface area contributed by atoms with Crippen LogP contribution in [0, 0.1) is 5.92 Å². The molecular formula is C24H25F4N7O4. The van der Waals surface area contributed by atoms with Crippen molar-refractivity contribution >= 4 is 23.5 Å². The second-order valence-electron chi connectivity index (χ2n) is 10.8. The number of alkyl carbamates (subject to hydrolysis) is 1. The number of carbonyl (C=O) groups is 1. The van der Waals surface area contributed by atoms with Crippen LogP contribution in [0.4, 0.5) is 34.1 Å². The van der Waals surface area contributed by atoms with E-state index in [1.54, 1.807) is 12.1 Å². The molecule has 1 saturated heterocycles. The SMILES string of the molecule is O=C(NC12CC(C1)C2)O[C@@H]1CO[C@H](c2cc(Nc3nc(C4CC4)cc4nc(COC(F)(F)F)cn34)n[nH]2)[C@@H]1F. The number of amides is 1. The Morgan fingerprint density at radius 2 is 2.03 bits per heavy atom. The third-order valence-corrected chi connectivity index (χ3v) is 7.80. The van der Waals surface area contributed by atoms with Crippen molar-refractivity contribution in [3.05, 3.63) is 35.4 Å². The van der Waals surface area contributed by atoms with Gasteiger partial charge in [-0.2, -0.15) is 5.10 Å². The van der Waals surface area contributed by atoms with Gasteiger partial charge in [0.25, 0.3) is 0 Å². The zero-order valence-electron chi connectivity index (χ0n) is 20.5. The van der Waals surface area contributed by atoms with Crippen molar-refractivity contribution in [3.8, 4) is 0 Å². The quantitative estimate of drug-likeness (QED) is 0.356. The number of imidazole rings is 1. The lowest BCUT2D eigenvalue weighted by molar-refractivity contribution is -0.330. The Bertz CT molecular complexity index is 1400. The number of H-pyrrole nitrogens is 1. The minimum absolute atomic E-state index is 0.0802. The van der Waals surface area contributed by atoms with Crippen LogP contribution < -0.4 is 10.6 Å². The zero-order valence-corrected chi connectivity index (χ0v) is 20.5. The number of anilines is 2. The Hall–Kier alpha value is -3.46. The molecule has 0 unspecified atom stereocenters. The maximum Gasteiger partial charge on any atom is 0.522 e. The first-order chi connectivity index (χ1) is 18.6. The first-order valence-corrected chi connectivity index (χ1v) is 12.8. The van der Waals surface area contributed by atoms with Crippen LogP contribution >= 0.6 is 0 Å². The monoisotopic (exact) mass is 551 g/mol. The molecule has 2 bridgehead atoms. The fourth-order valence-corrected chi connectivity index (χ4v) is 5.57. The van der Waals surface area contributed by atoms with E-state index in [0.29, 0.717) is 17.3 Å². The summed E-state index contributed by atoms with van der Waals surface area (Å²) in [6.45, 7) is -0.838. The van der Waals surface area contributed by atoms with Gasteiger partial charge in [-0.3, -0.25) is 14.2 Å². The molecule has 11 nitrogen and oxygen atoms in total. The second-order valence-corrected chi connectivity index (χ2v) is 10.8. The molecule has 4 saturated carbocycles. The molecule has 39 heavy (non-hydrogen) atoms. The number of halogens is 4. The van der Waals surface area contributed by atoms with Crippen molar-refractivity contribution in [3.63, 3.8) is 0 Å². The third-order valence-electron chi connectivity index (χ3n) is 7.80. The minimum Gasteiger partial charge on any atom is -0.441 e. The lowest BCUT2D eigenvalue weighted by atomic mass is 9.50. The number of carbonyl (C=O) groups excluding carboxylic acids is 1. The normalized spacial score (nSPS) is 29.6. The van der Waals surface area contributed by atoms with Gasteiger partial charge in [-0.15, -0.1) is 13.2 Å². The van der Waals surface area contributed by atoms with E-state index >= 15 is 4.39 Å². The molecule has 1 aliphatic heterocycles. The van der Waals surface area contributed by atoms with E-state index < -0.39 is 37.4 Å². The van der Waals surface area contributed by atoms with Crippen LogP contribution in [0.3, 0.4) is 0 Å². The van der Waals surface area contributed by atoms with Gasteiger partial charge in [0.15, 0.2) is 18.1 Å². The number of aromatic amines is 1. The molecule has 3 N–H and O–H groups in total. The Morgan fingerprint density at radius 3 is 2.72 bits per heavy atom. The van der Waals surface area contributed by atoms with Gasteiger partial charge in [0.2, 0.25) is 5.95 Å². The molecule has 0 aromatic carbocycles. The highest BCUT2D eigenvalue weighted by atomic mass is 19.4. The smallest absolute Gasteiger partial charge is 0.441 e. The molecule has 3 atom stereocenters. The van der Waals surface area contributed by atoms with E-state index in [1.165, 1.54) is 10.6 Å². The van der Waals surface area contributed by atoms with Gasteiger partial charge >= 0.3 is 12.5 Å². The Morgan fingerprint density at radius 1 is 1.23 bits per heavy atom. The molecule has 208 valence electrons. The molecule has 1 amide bonds. The fraction of sp³-hybridized carbons (Fsp3) is 0.583. The average Bonchev–Trinajstić information content (AvgIpc) is 3.27. The summed E-state index contributed by atoms with van der Waals surface area (Å²) in [5.41, 5.74) is 1.40. The van der Waals surface area contributed by atoms with Crippen molar-refractivity contribution in [1.29, 1.82) is 0 Å². The standard InChI is InChI=1S/C24H25F4N7O4/c25-19-16(39-22(36)32-23-5-11(6-23)7-23)10-37-20(19)15-3-17(34-33-15)31-21-30-14(12-1-2-12)4-18-29-13(8-35(18)21)9-38-24(26,27)28/h3-4,8,11-12,16,19-20H,1-2,5-7,9-10H2,(H,32,36)(H2,30,31,33,34)/t11?,16-,19-,20-,23?/m1/s1. The first kappa shape index (κ1) is 24.6. The van der Waals surface area contributed by atoms with Gasteiger partial charge in [0.1, 0.15) is 11.8 Å². The van der Waals surface area contributed by atoms with E-state index in [-0.39, 0.29) is 35.5 Å². The summed E-state index contributed by atoms with van der Waals surface area (Å²) in [4.78, 5) is 21.1. The van der Waals surface area contributed by atoms with Crippen LogP contribution in [0.15, 0.2) is 18.3 Å². The minimum atomic E-state index is -4.78. The number of ether oxygens (including phenoxy) is 3. The van der Waals surface area contributed by atoms with Gasteiger partial charge in [-0.05, 0) is 38.0 Å². The summed E-state index contributed by atoms with van der Waals surface area (Å²) >= 11 is 0. The topological polar surface area (TPSA) is 128 Å². The number of fused-ring (bicyclic) bond motifs is 1. The lowest BCUT2D eigenvalue weighted by Crippen LogP contribution is -2.68. The summed E-state index contributed by atoms with van der Waals surface area (Å²) in [6, 6.07) is 3.28. The molecule has 15 heteroatoms. The summed E-state index contributed by atoms with van der Waals surface area (Å²) in [7, 11) is 0. The van der Waals surface area contributed by atoms with E-state index in [4.69, 9.17) is 9.47 Å². The largest absolute Gasteiger partial charge is 0.522 e. The highest BCUT2D eigenvalue weighted by Crippen LogP contribution is 2.57. The van der Waals surface area contributed by atoms with Crippen molar-refractivity contribution in [2.24, 2.45) is 5.92 Å². The van der Waals surface area contributed by atoms with Gasteiger partial charge < -0.3 is 20.1 Å². The number of hydrogen-bond donors (Lipinski definition) is 3. The maximum atomic E-state index is 15.2. The van der Waals surface area contributed by atoms with Gasteiger partial charge in [0, 0.05) is 29.8 Å². The number of rotatable bonds is 8. The van der Waals surface area contributed by atoms with E-state index in [1.807, 2.05) is 0 Å². The van der Waals surface area contributed by atoms with Crippen molar-refractivity contribution in [1.82, 2.24) is 29.9 Å². The van der Waals surface area contributed by atoms with Gasteiger partial charge in [-0.25, -0.2) is 19.2 Å². The van der Waals surface area contributed by atoms with Gasteiger partial charge in [0.05, 0.1) is 30.3 Å². The molecule has 3 aromatic heterocycles. The molecule has 0 radical (unpaired) electrons. The molecular weight excluding hydrogens is 526 g/mol. The number of nitrogens with one attached hydrogen (secondary N) is 3. The molecule has 0 spiro atoms. The van der Waals surface area contributed by atoms with Crippen molar-refractivity contribution in [2.45, 2.75) is 74.9 Å². The molecule has 4 aliphatic carbocycles. The third kappa shape index (κ3) is 4.77. The summed E-state index contributed by atoms with van der Waals surface area (Å²) in [6.07, 6.45) is -2.94. The number of nitrogens with zero attached hydrogens (tertiary/aromatic N) is 4. The highest BCUT2D eigenvalue weighted by molar-refractivity contribution is 5.69. The van der Waals surface area contributed by atoms with Crippen LogP contribution in [0.25, 0.3) is 5.65 Å². The van der Waals surface area contributed by atoms with Crippen molar-refractivity contribution < 1.29 is 36.6 Å². The fourth-order valence-electron chi connectivity index (χ4n) is 5.57.